The van der Waals surface area contributed by atoms with Gasteiger partial charge in [0.1, 0.15) is 5.78 Å². The van der Waals surface area contributed by atoms with Crippen molar-refractivity contribution in [2.75, 3.05) is 0 Å². The van der Waals surface area contributed by atoms with E-state index >= 15 is 0 Å². The maximum atomic E-state index is 9.44. The third kappa shape index (κ3) is 12.3. The van der Waals surface area contributed by atoms with Gasteiger partial charge in [0.05, 0.1) is 32.5 Å². The summed E-state index contributed by atoms with van der Waals surface area (Å²) in [6.07, 6.45) is 0. The van der Waals surface area contributed by atoms with E-state index in [0.29, 0.717) is 0 Å². The summed E-state index contributed by atoms with van der Waals surface area (Å²) in [5, 5.41) is 19.9. The van der Waals surface area contributed by atoms with Crippen LogP contribution in [0, 0.1) is 0 Å². The number of carbonyl (C=O) groups excluding carboxylic acids is 2. The SMILES string of the molecule is C.CC(=O)Cl.CC(C)=O.Clc1ccc(-c2cc(-c3cccs3)[nH]n2)cc1.Clc1ccc(-c2cc(-c3cccs3)[nH]n2)cc1. The van der Waals surface area contributed by atoms with Crippen molar-refractivity contribution < 1.29 is 9.59 Å². The number of nitrogens with zero attached hydrogens (tertiary/aromatic N) is 2. The Bertz CT molecular complexity index is 1530. The molecule has 6 nitrogen and oxygen atoms in total. The Balaban J connectivity index is 0.000000237. The van der Waals surface area contributed by atoms with E-state index in [9.17, 15) is 9.59 Å². The van der Waals surface area contributed by atoms with Crippen molar-refractivity contribution in [2.24, 2.45) is 0 Å². The molecule has 2 aromatic carbocycles. The number of carbonyl (C=O) groups is 2. The average Bonchev–Trinajstić information content (AvgIpc) is 3.75. The predicted molar refractivity (Wildman–Crippen MR) is 184 cm³/mol. The Morgan fingerprint density at radius 1 is 0.651 bits per heavy atom. The molecule has 0 unspecified atom stereocenters. The number of aromatic amines is 2. The smallest absolute Gasteiger partial charge is 0.218 e. The van der Waals surface area contributed by atoms with Crippen LogP contribution in [-0.2, 0) is 9.59 Å². The molecule has 4 aromatic heterocycles. The van der Waals surface area contributed by atoms with Gasteiger partial charge in [0.2, 0.25) is 5.24 Å². The largest absolute Gasteiger partial charge is 0.300 e. The van der Waals surface area contributed by atoms with E-state index in [4.69, 9.17) is 23.2 Å². The summed E-state index contributed by atoms with van der Waals surface area (Å²) >= 11 is 19.7. The molecule has 0 saturated heterocycles. The van der Waals surface area contributed by atoms with Crippen LogP contribution in [0.5, 0.6) is 0 Å². The van der Waals surface area contributed by atoms with Crippen molar-refractivity contribution in [3.63, 3.8) is 0 Å². The average molecular weight is 674 g/mol. The van der Waals surface area contributed by atoms with Crippen LogP contribution in [0.1, 0.15) is 28.2 Å². The van der Waals surface area contributed by atoms with Crippen molar-refractivity contribution in [2.45, 2.75) is 28.2 Å². The summed E-state index contributed by atoms with van der Waals surface area (Å²) in [6, 6.07) is 27.7. The first-order chi connectivity index (χ1) is 20.1. The number of aromatic nitrogens is 4. The lowest BCUT2D eigenvalue weighted by Crippen LogP contribution is -1.76. The Kier molecular flexibility index (Phi) is 15.1. The summed E-state index contributed by atoms with van der Waals surface area (Å²) in [6.45, 7) is 4.35. The van der Waals surface area contributed by atoms with Gasteiger partial charge in [-0.3, -0.25) is 15.0 Å². The van der Waals surface area contributed by atoms with E-state index in [1.54, 1.807) is 22.7 Å². The zero-order chi connectivity index (χ0) is 30.5. The standard InChI is InChI=1S/2C13H9ClN2S.C3H6O.C2H3ClO.CH4/c2*14-10-5-3-9(4-6-10)11-8-12(16-15-11)13-2-1-7-17-13;1-3(2)4;1-2(3)4;/h2*1-8H,(H,15,16);1-2H3;1H3;1H4. The lowest BCUT2D eigenvalue weighted by Gasteiger charge is -1.94. The first-order valence-corrected chi connectivity index (χ1v) is 15.4. The number of rotatable bonds is 4. The highest BCUT2D eigenvalue weighted by Crippen LogP contribution is 2.28. The van der Waals surface area contributed by atoms with E-state index in [2.05, 4.69) is 67.0 Å². The molecule has 11 heteroatoms. The second-order valence-corrected chi connectivity index (χ2v) is 12.0. The highest BCUT2D eigenvalue weighted by atomic mass is 35.5. The van der Waals surface area contributed by atoms with Crippen LogP contribution in [0.25, 0.3) is 43.7 Å². The molecule has 0 aliphatic carbocycles. The summed E-state index contributed by atoms with van der Waals surface area (Å²) in [5.74, 6) is 0.167. The van der Waals surface area contributed by atoms with Crippen LogP contribution in [0.2, 0.25) is 10.0 Å². The zero-order valence-electron chi connectivity index (χ0n) is 22.9. The van der Waals surface area contributed by atoms with Gasteiger partial charge in [0, 0.05) is 28.1 Å². The first kappa shape index (κ1) is 35.7. The van der Waals surface area contributed by atoms with Gasteiger partial charge in [-0.25, -0.2) is 0 Å². The molecule has 2 N–H and O–H groups in total. The number of H-pyrrole nitrogens is 2. The van der Waals surface area contributed by atoms with Crippen molar-refractivity contribution in [3.05, 3.63) is 106 Å². The quantitative estimate of drug-likeness (QED) is 0.182. The molecule has 6 aromatic rings. The third-order valence-electron chi connectivity index (χ3n) is 5.01. The van der Waals surface area contributed by atoms with E-state index in [1.165, 1.54) is 30.5 Å². The second kappa shape index (κ2) is 18.2. The molecule has 0 aliphatic rings. The molecular formula is C32H31Cl3N4O2S2. The van der Waals surface area contributed by atoms with Crippen molar-refractivity contribution in [3.8, 4) is 43.7 Å². The molecular weight excluding hydrogens is 643 g/mol. The van der Waals surface area contributed by atoms with Gasteiger partial charge in [-0.1, -0.05) is 67.0 Å². The van der Waals surface area contributed by atoms with E-state index < -0.39 is 0 Å². The monoisotopic (exact) mass is 672 g/mol. The molecule has 43 heavy (non-hydrogen) atoms. The van der Waals surface area contributed by atoms with Crippen LogP contribution in [0.15, 0.2) is 95.7 Å². The Hall–Kier alpha value is -3.53. The fourth-order valence-corrected chi connectivity index (χ4v) is 4.93. The van der Waals surface area contributed by atoms with Gasteiger partial charge < -0.3 is 4.79 Å². The fourth-order valence-electron chi connectivity index (χ4n) is 3.30. The molecule has 0 saturated carbocycles. The van der Waals surface area contributed by atoms with Gasteiger partial charge in [-0.05, 0) is 84.7 Å². The highest BCUT2D eigenvalue weighted by Gasteiger charge is 2.07. The number of halogens is 3. The summed E-state index contributed by atoms with van der Waals surface area (Å²) in [4.78, 5) is 21.0. The Labute approximate surface area is 274 Å². The van der Waals surface area contributed by atoms with Crippen molar-refractivity contribution in [1.29, 1.82) is 0 Å². The number of Topliss-reactive ketones (excluding diaryl/α,β-unsaturated/α-hetero) is 1. The Morgan fingerprint density at radius 3 is 1.26 bits per heavy atom. The number of nitrogens with one attached hydrogen (secondary N) is 2. The van der Waals surface area contributed by atoms with Crippen molar-refractivity contribution in [1.82, 2.24) is 20.4 Å². The molecule has 0 fully saturated rings. The lowest BCUT2D eigenvalue weighted by molar-refractivity contribution is -0.115. The molecule has 0 atom stereocenters. The second-order valence-electron chi connectivity index (χ2n) is 8.68. The topological polar surface area (TPSA) is 91.5 Å². The molecule has 4 heterocycles. The molecule has 0 spiro atoms. The highest BCUT2D eigenvalue weighted by molar-refractivity contribution is 7.13. The number of hydrogen-bond donors (Lipinski definition) is 2. The predicted octanol–water partition coefficient (Wildman–Crippen LogP) is 10.9. The number of thiophene rings is 2. The Morgan fingerprint density at radius 2 is 0.977 bits per heavy atom. The molecule has 6 rings (SSSR count). The summed E-state index contributed by atoms with van der Waals surface area (Å²) < 4.78 is 0. The maximum Gasteiger partial charge on any atom is 0.218 e. The lowest BCUT2D eigenvalue weighted by atomic mass is 10.1. The number of benzene rings is 2. The van der Waals surface area contributed by atoms with E-state index in [1.807, 2.05) is 60.7 Å². The van der Waals surface area contributed by atoms with Crippen LogP contribution in [-0.4, -0.2) is 31.4 Å². The van der Waals surface area contributed by atoms with Crippen LogP contribution in [0.4, 0.5) is 0 Å². The third-order valence-corrected chi connectivity index (χ3v) is 7.32. The zero-order valence-corrected chi connectivity index (χ0v) is 26.8. The van der Waals surface area contributed by atoms with Crippen molar-refractivity contribution >= 4 is 68.5 Å². The molecule has 0 radical (unpaired) electrons. The van der Waals surface area contributed by atoms with Crippen LogP contribution in [0.3, 0.4) is 0 Å². The van der Waals surface area contributed by atoms with E-state index in [0.717, 1.165) is 43.9 Å². The summed E-state index contributed by atoms with van der Waals surface area (Å²) in [5.41, 5.74) is 6.09. The van der Waals surface area contributed by atoms with Gasteiger partial charge in [-0.15, -0.1) is 22.7 Å². The number of hydrogen-bond acceptors (Lipinski definition) is 6. The summed E-state index contributed by atoms with van der Waals surface area (Å²) in [7, 11) is 0. The molecule has 0 aliphatic heterocycles. The van der Waals surface area contributed by atoms with E-state index in [-0.39, 0.29) is 18.5 Å². The van der Waals surface area contributed by atoms with Gasteiger partial charge >= 0.3 is 0 Å². The van der Waals surface area contributed by atoms with Gasteiger partial charge in [0.15, 0.2) is 0 Å². The minimum Gasteiger partial charge on any atom is -0.300 e. The maximum absolute atomic E-state index is 9.44. The minimum absolute atomic E-state index is 0. The minimum atomic E-state index is -0.361. The van der Waals surface area contributed by atoms with Crippen LogP contribution >= 0.6 is 57.5 Å². The normalized spacial score (nSPS) is 9.63. The molecule has 224 valence electrons. The fraction of sp³-hybridized carbons (Fsp3) is 0.125. The molecule has 0 bridgehead atoms. The first-order valence-electron chi connectivity index (χ1n) is 12.5. The molecule has 0 amide bonds. The van der Waals surface area contributed by atoms with Gasteiger partial charge in [-0.2, -0.15) is 10.2 Å². The van der Waals surface area contributed by atoms with Crippen LogP contribution < -0.4 is 0 Å². The van der Waals surface area contributed by atoms with Gasteiger partial charge in [0.25, 0.3) is 0 Å². The number of ketones is 1.